The molecule has 6 heteroatoms. The van der Waals surface area contributed by atoms with Crippen molar-refractivity contribution in [1.29, 1.82) is 0 Å². The van der Waals surface area contributed by atoms with Gasteiger partial charge in [0.1, 0.15) is 10.0 Å². The molecule has 0 spiro atoms. The van der Waals surface area contributed by atoms with Crippen molar-refractivity contribution in [3.63, 3.8) is 0 Å². The number of nitrogens with one attached hydrogen (secondary N) is 1. The van der Waals surface area contributed by atoms with E-state index in [1.807, 2.05) is 37.2 Å². The maximum Gasteiger partial charge on any atom is 0.174 e. The highest BCUT2D eigenvalue weighted by atomic mass is 32.1. The Morgan fingerprint density at radius 3 is 2.80 bits per heavy atom. The minimum Gasteiger partial charge on any atom is -0.360 e. The highest BCUT2D eigenvalue weighted by molar-refractivity contribution is 7.80. The number of hydrogen-bond donors (Lipinski definition) is 1. The number of rotatable bonds is 3. The predicted octanol–water partition coefficient (Wildman–Crippen LogP) is 3.23. The molecular weight excluding hydrogens is 288 g/mol. The van der Waals surface area contributed by atoms with Gasteiger partial charge in [0.15, 0.2) is 5.11 Å². The topological polar surface area (TPSA) is 41.1 Å². The molecule has 2 aromatic rings. The maximum absolute atomic E-state index is 5.40. The van der Waals surface area contributed by atoms with Gasteiger partial charge in [-0.15, -0.1) is 0 Å². The molecular formula is C14H18N4S2. The van der Waals surface area contributed by atoms with Crippen LogP contribution in [0.4, 0.5) is 5.00 Å². The van der Waals surface area contributed by atoms with Gasteiger partial charge in [-0.3, -0.25) is 4.98 Å². The molecule has 0 unspecified atom stereocenters. The third-order valence-corrected chi connectivity index (χ3v) is 4.38. The van der Waals surface area contributed by atoms with Gasteiger partial charge in [0, 0.05) is 31.0 Å². The van der Waals surface area contributed by atoms with E-state index in [1.54, 1.807) is 17.5 Å². The van der Waals surface area contributed by atoms with Crippen molar-refractivity contribution in [3.8, 4) is 10.6 Å². The molecule has 0 saturated heterocycles. The van der Waals surface area contributed by atoms with E-state index in [4.69, 9.17) is 12.2 Å². The Hall–Kier alpha value is -1.53. The van der Waals surface area contributed by atoms with Crippen LogP contribution in [0.25, 0.3) is 10.6 Å². The number of aromatic nitrogens is 2. The Morgan fingerprint density at radius 2 is 2.20 bits per heavy atom. The van der Waals surface area contributed by atoms with Crippen LogP contribution in [0.15, 0.2) is 24.5 Å². The lowest BCUT2D eigenvalue weighted by Crippen LogP contribution is -2.40. The molecule has 2 aromatic heterocycles. The molecule has 0 amide bonds. The number of hydrogen-bond acceptors (Lipinski definition) is 4. The highest BCUT2D eigenvalue weighted by Crippen LogP contribution is 2.33. The molecule has 106 valence electrons. The summed E-state index contributed by atoms with van der Waals surface area (Å²) in [7, 11) is 1.96. The second kappa shape index (κ2) is 6.28. The molecule has 0 aliphatic rings. The summed E-state index contributed by atoms with van der Waals surface area (Å²) < 4.78 is 0. The first-order valence-corrected chi connectivity index (χ1v) is 7.63. The molecule has 20 heavy (non-hydrogen) atoms. The van der Waals surface area contributed by atoms with Crippen LogP contribution in [-0.2, 0) is 0 Å². The average Bonchev–Trinajstić information content (AvgIpc) is 2.80. The molecule has 4 nitrogen and oxygen atoms in total. The van der Waals surface area contributed by atoms with E-state index < -0.39 is 0 Å². The van der Waals surface area contributed by atoms with Crippen molar-refractivity contribution in [3.05, 3.63) is 30.2 Å². The molecule has 1 N–H and O–H groups in total. The molecule has 0 aromatic carbocycles. The Labute approximate surface area is 128 Å². The second-order valence-corrected chi connectivity index (χ2v) is 6.18. The normalized spacial score (nSPS) is 10.7. The minimum atomic E-state index is 0.316. The van der Waals surface area contributed by atoms with Gasteiger partial charge in [0.25, 0.3) is 0 Å². The van der Waals surface area contributed by atoms with E-state index in [2.05, 4.69) is 29.1 Å². The van der Waals surface area contributed by atoms with Crippen LogP contribution >= 0.6 is 23.6 Å². The molecule has 0 aliphatic carbocycles. The van der Waals surface area contributed by atoms with Crippen LogP contribution in [0.2, 0.25) is 0 Å². The molecule has 2 heterocycles. The van der Waals surface area contributed by atoms with Crippen LogP contribution in [0, 0.1) is 6.92 Å². The summed E-state index contributed by atoms with van der Waals surface area (Å²) in [6, 6.07) is 4.25. The van der Waals surface area contributed by atoms with Crippen molar-refractivity contribution in [2.45, 2.75) is 26.8 Å². The summed E-state index contributed by atoms with van der Waals surface area (Å²) in [6.45, 7) is 6.14. The first-order valence-electron chi connectivity index (χ1n) is 6.41. The SMILES string of the molecule is Cc1nc(-c2cccnc2)sc1N(C)C(=S)NC(C)C. The van der Waals surface area contributed by atoms with E-state index in [1.165, 1.54) is 0 Å². The van der Waals surface area contributed by atoms with E-state index in [9.17, 15) is 0 Å². The van der Waals surface area contributed by atoms with Crippen LogP contribution < -0.4 is 10.2 Å². The van der Waals surface area contributed by atoms with Gasteiger partial charge >= 0.3 is 0 Å². The van der Waals surface area contributed by atoms with Gasteiger partial charge in [-0.1, -0.05) is 11.3 Å². The maximum atomic E-state index is 5.40. The van der Waals surface area contributed by atoms with E-state index in [0.717, 1.165) is 21.3 Å². The zero-order valence-electron chi connectivity index (χ0n) is 12.0. The highest BCUT2D eigenvalue weighted by Gasteiger charge is 2.16. The molecule has 0 radical (unpaired) electrons. The van der Waals surface area contributed by atoms with Crippen molar-refractivity contribution in [2.75, 3.05) is 11.9 Å². The van der Waals surface area contributed by atoms with Crippen molar-refractivity contribution >= 4 is 33.7 Å². The summed E-state index contributed by atoms with van der Waals surface area (Å²) in [5, 5.41) is 5.97. The molecule has 0 bridgehead atoms. The fourth-order valence-corrected chi connectivity index (χ4v) is 3.16. The Kier molecular flexibility index (Phi) is 4.67. The Bertz CT molecular complexity index is 592. The van der Waals surface area contributed by atoms with Crippen LogP contribution in [0.1, 0.15) is 19.5 Å². The standard InChI is InChI=1S/C14H18N4S2/c1-9(2)16-14(19)18(4)13-10(3)17-12(20-13)11-6-5-7-15-8-11/h5-9H,1-4H3,(H,16,19). The van der Waals surface area contributed by atoms with E-state index >= 15 is 0 Å². The van der Waals surface area contributed by atoms with E-state index in [-0.39, 0.29) is 0 Å². The Balaban J connectivity index is 2.26. The predicted molar refractivity (Wildman–Crippen MR) is 89.4 cm³/mol. The number of pyridine rings is 1. The summed E-state index contributed by atoms with van der Waals surface area (Å²) >= 11 is 7.03. The summed E-state index contributed by atoms with van der Waals surface area (Å²) in [5.41, 5.74) is 2.01. The van der Waals surface area contributed by atoms with E-state index in [0.29, 0.717) is 11.2 Å². The summed E-state index contributed by atoms with van der Waals surface area (Å²) in [4.78, 5) is 10.7. The summed E-state index contributed by atoms with van der Waals surface area (Å²) in [5.74, 6) is 0. The van der Waals surface area contributed by atoms with Gasteiger partial charge in [-0.05, 0) is 45.1 Å². The van der Waals surface area contributed by atoms with Crippen molar-refractivity contribution < 1.29 is 0 Å². The first-order chi connectivity index (χ1) is 9.49. The summed E-state index contributed by atoms with van der Waals surface area (Å²) in [6.07, 6.45) is 3.59. The average molecular weight is 306 g/mol. The molecule has 2 rings (SSSR count). The molecule has 0 saturated carbocycles. The largest absolute Gasteiger partial charge is 0.360 e. The van der Waals surface area contributed by atoms with Crippen molar-refractivity contribution in [1.82, 2.24) is 15.3 Å². The molecule has 0 aliphatic heterocycles. The third kappa shape index (κ3) is 3.32. The lowest BCUT2D eigenvalue weighted by atomic mass is 10.3. The fraction of sp³-hybridized carbons (Fsp3) is 0.357. The van der Waals surface area contributed by atoms with Gasteiger partial charge in [-0.25, -0.2) is 4.98 Å². The van der Waals surface area contributed by atoms with Crippen LogP contribution in [-0.4, -0.2) is 28.2 Å². The fourth-order valence-electron chi connectivity index (χ4n) is 1.75. The number of aryl methyl sites for hydroxylation is 1. The quantitative estimate of drug-likeness (QED) is 0.882. The minimum absolute atomic E-state index is 0.316. The lowest BCUT2D eigenvalue weighted by Gasteiger charge is -2.21. The second-order valence-electron chi connectivity index (χ2n) is 4.81. The molecule has 0 atom stereocenters. The number of thiazole rings is 1. The van der Waals surface area contributed by atoms with Gasteiger partial charge < -0.3 is 10.2 Å². The number of thiocarbonyl (C=S) groups is 1. The molecule has 0 fully saturated rings. The van der Waals surface area contributed by atoms with Gasteiger partial charge in [0.2, 0.25) is 0 Å². The zero-order chi connectivity index (χ0) is 14.7. The van der Waals surface area contributed by atoms with Gasteiger partial charge in [-0.2, -0.15) is 0 Å². The van der Waals surface area contributed by atoms with Gasteiger partial charge in [0.05, 0.1) is 5.69 Å². The zero-order valence-corrected chi connectivity index (χ0v) is 13.7. The third-order valence-electron chi connectivity index (χ3n) is 2.70. The van der Waals surface area contributed by atoms with Crippen LogP contribution in [0.5, 0.6) is 0 Å². The lowest BCUT2D eigenvalue weighted by molar-refractivity contribution is 0.732. The first kappa shape index (κ1) is 14.9. The van der Waals surface area contributed by atoms with Crippen molar-refractivity contribution in [2.24, 2.45) is 0 Å². The smallest absolute Gasteiger partial charge is 0.174 e. The number of nitrogens with zero attached hydrogens (tertiary/aromatic N) is 3. The monoisotopic (exact) mass is 306 g/mol. The Morgan fingerprint density at radius 1 is 1.45 bits per heavy atom. The number of anilines is 1. The van der Waals surface area contributed by atoms with Crippen LogP contribution in [0.3, 0.4) is 0 Å².